The minimum Gasteiger partial charge on any atom is -0.289 e. The van der Waals surface area contributed by atoms with Crippen LogP contribution in [0, 0.1) is 20.8 Å². The van der Waals surface area contributed by atoms with Gasteiger partial charge in [0.05, 0.1) is 0 Å². The maximum absolute atomic E-state index is 12.7. The number of carbonyl (C=O) groups is 1. The molecule has 0 saturated carbocycles. The number of benzene rings is 2. The Hall–Kier alpha value is -1.80. The summed E-state index contributed by atoms with van der Waals surface area (Å²) < 4.78 is 0. The Balaban J connectivity index is 1.66. The molecule has 0 aliphatic carbocycles. The van der Waals surface area contributed by atoms with Crippen LogP contribution in [0.4, 0.5) is 0 Å². The van der Waals surface area contributed by atoms with Crippen molar-refractivity contribution in [3.05, 3.63) is 70.3 Å². The van der Waals surface area contributed by atoms with Gasteiger partial charge in [0.1, 0.15) is 0 Å². The van der Waals surface area contributed by atoms with Crippen LogP contribution in [-0.2, 0) is 0 Å². The van der Waals surface area contributed by atoms with Crippen LogP contribution in [0.5, 0.6) is 0 Å². The lowest BCUT2D eigenvalue weighted by Gasteiger charge is -2.08. The number of aryl methyl sites for hydroxylation is 3. The summed E-state index contributed by atoms with van der Waals surface area (Å²) in [5.74, 6) is 1.27. The van der Waals surface area contributed by atoms with Crippen molar-refractivity contribution in [3.8, 4) is 0 Å². The fraction of sp³-hybridized carbons (Fsp3) is 0.500. The predicted octanol–water partition coefficient (Wildman–Crippen LogP) is 9.52. The van der Waals surface area contributed by atoms with E-state index < -0.39 is 0 Å². The van der Waals surface area contributed by atoms with Crippen molar-refractivity contribution in [3.63, 3.8) is 0 Å². The van der Waals surface area contributed by atoms with Gasteiger partial charge in [-0.15, -0.1) is 11.8 Å². The largest absolute Gasteiger partial charge is 0.289 e. The molecule has 2 aromatic rings. The quantitative estimate of drug-likeness (QED) is 0.116. The third kappa shape index (κ3) is 9.77. The van der Waals surface area contributed by atoms with Crippen molar-refractivity contribution >= 4 is 23.6 Å². The Morgan fingerprint density at radius 1 is 0.781 bits per heavy atom. The lowest BCUT2D eigenvalue weighted by Crippen LogP contribution is -2.02. The highest BCUT2D eigenvalue weighted by Crippen LogP contribution is 2.22. The molecule has 0 aliphatic heterocycles. The molecule has 0 saturated heterocycles. The average molecular weight is 451 g/mol. The van der Waals surface area contributed by atoms with Gasteiger partial charge in [0.2, 0.25) is 0 Å². The number of hydrogen-bond donors (Lipinski definition) is 0. The Labute approximate surface area is 201 Å². The summed E-state index contributed by atoms with van der Waals surface area (Å²) in [6, 6.07) is 12.7. The van der Waals surface area contributed by atoms with E-state index >= 15 is 0 Å². The van der Waals surface area contributed by atoms with Gasteiger partial charge in [-0.25, -0.2) is 0 Å². The van der Waals surface area contributed by atoms with Gasteiger partial charge in [-0.05, 0) is 67.8 Å². The van der Waals surface area contributed by atoms with Gasteiger partial charge < -0.3 is 0 Å². The van der Waals surface area contributed by atoms with Crippen LogP contribution in [0.25, 0.3) is 6.08 Å². The second-order valence-corrected chi connectivity index (χ2v) is 10.2. The molecule has 2 aromatic carbocycles. The zero-order valence-electron chi connectivity index (χ0n) is 20.7. The smallest absolute Gasteiger partial charge is 0.186 e. The molecule has 0 atom stereocenters. The molecule has 0 aromatic heterocycles. The molecular weight excluding hydrogens is 408 g/mol. The van der Waals surface area contributed by atoms with Gasteiger partial charge in [-0.2, -0.15) is 0 Å². The van der Waals surface area contributed by atoms with E-state index in [-0.39, 0.29) is 5.78 Å². The summed E-state index contributed by atoms with van der Waals surface area (Å²) in [6.07, 6.45) is 17.5. The summed E-state index contributed by atoms with van der Waals surface area (Å²) in [6.45, 7) is 8.38. The number of rotatable bonds is 15. The zero-order valence-corrected chi connectivity index (χ0v) is 21.5. The average Bonchev–Trinajstić information content (AvgIpc) is 2.76. The van der Waals surface area contributed by atoms with Crippen molar-refractivity contribution < 1.29 is 4.79 Å². The molecule has 174 valence electrons. The minimum atomic E-state index is 0.0828. The van der Waals surface area contributed by atoms with Crippen LogP contribution in [0.15, 0.2) is 47.4 Å². The molecule has 0 heterocycles. The standard InChI is InChI=1S/C30H42OS/c1-5-6-7-8-9-10-11-12-13-14-21-32-28-18-15-27(16-19-28)17-20-29(31)30-25(3)22-24(2)23-26(30)4/h15-20,22-23H,5-14,21H2,1-4H3/b20-17+. The SMILES string of the molecule is CCCCCCCCCCCCSc1ccc(/C=C/C(=O)c2c(C)cc(C)cc2C)cc1. The summed E-state index contributed by atoms with van der Waals surface area (Å²) >= 11 is 1.94. The normalized spacial score (nSPS) is 11.4. The highest BCUT2D eigenvalue weighted by molar-refractivity contribution is 7.99. The molecule has 0 amide bonds. The third-order valence-corrected chi connectivity index (χ3v) is 7.10. The molecule has 0 bridgehead atoms. The zero-order chi connectivity index (χ0) is 23.2. The van der Waals surface area contributed by atoms with Gasteiger partial charge in [0.15, 0.2) is 5.78 Å². The molecule has 0 aliphatic rings. The van der Waals surface area contributed by atoms with Crippen molar-refractivity contribution in [2.75, 3.05) is 5.75 Å². The monoisotopic (exact) mass is 450 g/mol. The van der Waals surface area contributed by atoms with Gasteiger partial charge in [-0.3, -0.25) is 4.79 Å². The van der Waals surface area contributed by atoms with Crippen molar-refractivity contribution in [2.45, 2.75) is 96.8 Å². The lowest BCUT2D eigenvalue weighted by atomic mass is 9.96. The molecule has 0 fully saturated rings. The number of hydrogen-bond acceptors (Lipinski definition) is 2. The maximum atomic E-state index is 12.7. The van der Waals surface area contributed by atoms with E-state index in [9.17, 15) is 4.79 Å². The maximum Gasteiger partial charge on any atom is 0.186 e. The Kier molecular flexibility index (Phi) is 12.5. The van der Waals surface area contributed by atoms with Crippen LogP contribution in [0.3, 0.4) is 0 Å². The lowest BCUT2D eigenvalue weighted by molar-refractivity contribution is 0.104. The third-order valence-electron chi connectivity index (χ3n) is 6.00. The van der Waals surface area contributed by atoms with Crippen molar-refractivity contribution in [2.24, 2.45) is 0 Å². The molecule has 2 rings (SSSR count). The fourth-order valence-electron chi connectivity index (χ4n) is 4.28. The summed E-state index contributed by atoms with van der Waals surface area (Å²) in [5, 5.41) is 0. The van der Waals surface area contributed by atoms with Gasteiger partial charge in [0.25, 0.3) is 0 Å². The molecule has 0 radical (unpaired) electrons. The molecule has 0 unspecified atom stereocenters. The topological polar surface area (TPSA) is 17.1 Å². The Bertz CT molecular complexity index is 825. The Morgan fingerprint density at radius 2 is 1.31 bits per heavy atom. The summed E-state index contributed by atoms with van der Waals surface area (Å²) in [7, 11) is 0. The van der Waals surface area contributed by atoms with E-state index in [1.54, 1.807) is 6.08 Å². The predicted molar refractivity (Wildman–Crippen MR) is 143 cm³/mol. The first-order valence-electron chi connectivity index (χ1n) is 12.5. The van der Waals surface area contributed by atoms with E-state index in [4.69, 9.17) is 0 Å². The van der Waals surface area contributed by atoms with E-state index in [0.29, 0.717) is 0 Å². The number of allylic oxidation sites excluding steroid dienone is 1. The minimum absolute atomic E-state index is 0.0828. The molecule has 1 nitrogen and oxygen atoms in total. The summed E-state index contributed by atoms with van der Waals surface area (Å²) in [4.78, 5) is 14.0. The van der Waals surface area contributed by atoms with Crippen LogP contribution >= 0.6 is 11.8 Å². The number of unbranched alkanes of at least 4 members (excludes halogenated alkanes) is 9. The second-order valence-electron chi connectivity index (χ2n) is 9.07. The van der Waals surface area contributed by atoms with E-state index in [0.717, 1.165) is 22.3 Å². The molecule has 2 heteroatoms. The molecule has 0 spiro atoms. The van der Waals surface area contributed by atoms with E-state index in [1.807, 2.05) is 31.7 Å². The van der Waals surface area contributed by atoms with Gasteiger partial charge in [-0.1, -0.05) is 101 Å². The fourth-order valence-corrected chi connectivity index (χ4v) is 5.19. The van der Waals surface area contributed by atoms with Crippen LogP contribution < -0.4 is 0 Å². The van der Waals surface area contributed by atoms with Crippen molar-refractivity contribution in [1.82, 2.24) is 0 Å². The first-order valence-corrected chi connectivity index (χ1v) is 13.5. The number of ketones is 1. The number of carbonyl (C=O) groups excluding carboxylic acids is 1. The van der Waals surface area contributed by atoms with Crippen LogP contribution in [-0.4, -0.2) is 11.5 Å². The van der Waals surface area contributed by atoms with Gasteiger partial charge >= 0.3 is 0 Å². The first kappa shape index (κ1) is 26.5. The van der Waals surface area contributed by atoms with Crippen LogP contribution in [0.1, 0.15) is 104 Å². The Morgan fingerprint density at radius 3 is 1.88 bits per heavy atom. The summed E-state index contributed by atoms with van der Waals surface area (Å²) in [5.41, 5.74) is 5.21. The highest BCUT2D eigenvalue weighted by Gasteiger charge is 2.10. The first-order chi connectivity index (χ1) is 15.5. The van der Waals surface area contributed by atoms with E-state index in [2.05, 4.69) is 50.2 Å². The second kappa shape index (κ2) is 15.1. The van der Waals surface area contributed by atoms with Crippen LogP contribution in [0.2, 0.25) is 0 Å². The number of thioether (sulfide) groups is 1. The molecule has 32 heavy (non-hydrogen) atoms. The molecular formula is C30H42OS. The molecule has 0 N–H and O–H groups in total. The van der Waals surface area contributed by atoms with Gasteiger partial charge in [0, 0.05) is 10.5 Å². The van der Waals surface area contributed by atoms with E-state index in [1.165, 1.54) is 80.4 Å². The highest BCUT2D eigenvalue weighted by atomic mass is 32.2. The van der Waals surface area contributed by atoms with Crippen molar-refractivity contribution in [1.29, 1.82) is 0 Å².